The minimum absolute atomic E-state index is 0.226. The quantitative estimate of drug-likeness (QED) is 0.878. The minimum Gasteiger partial charge on any atom is -0.386 e. The van der Waals surface area contributed by atoms with E-state index in [1.165, 1.54) is 0 Å². The summed E-state index contributed by atoms with van der Waals surface area (Å²) in [6, 6.07) is 1.80. The molecular formula is C15H25N3O. The van der Waals surface area contributed by atoms with Gasteiger partial charge in [0.05, 0.1) is 5.69 Å². The Morgan fingerprint density at radius 2 is 1.95 bits per heavy atom. The molecule has 0 bridgehead atoms. The topological polar surface area (TPSA) is 72.0 Å². The number of hydrogen-bond donors (Lipinski definition) is 2. The van der Waals surface area contributed by atoms with E-state index in [0.29, 0.717) is 23.5 Å². The molecule has 1 unspecified atom stereocenters. The van der Waals surface area contributed by atoms with Crippen LogP contribution in [0.15, 0.2) is 12.3 Å². The van der Waals surface area contributed by atoms with E-state index in [1.54, 1.807) is 12.3 Å². The van der Waals surface area contributed by atoms with Crippen molar-refractivity contribution in [2.24, 2.45) is 16.6 Å². The van der Waals surface area contributed by atoms with Crippen molar-refractivity contribution in [1.82, 2.24) is 9.97 Å². The molecule has 1 atom stereocenters. The van der Waals surface area contributed by atoms with E-state index >= 15 is 0 Å². The molecule has 1 aliphatic carbocycles. The Morgan fingerprint density at radius 3 is 2.47 bits per heavy atom. The third kappa shape index (κ3) is 2.95. The second-order valence-electron chi connectivity index (χ2n) is 6.66. The highest BCUT2D eigenvalue weighted by molar-refractivity contribution is 5.11. The Morgan fingerprint density at radius 1 is 1.32 bits per heavy atom. The van der Waals surface area contributed by atoms with E-state index in [0.717, 1.165) is 25.7 Å². The van der Waals surface area contributed by atoms with E-state index in [9.17, 15) is 5.11 Å². The molecule has 4 heteroatoms. The molecule has 3 N–H and O–H groups in total. The van der Waals surface area contributed by atoms with Crippen LogP contribution in [0.1, 0.15) is 57.2 Å². The van der Waals surface area contributed by atoms with Gasteiger partial charge in [-0.05, 0) is 44.1 Å². The maximum absolute atomic E-state index is 10.7. The second kappa shape index (κ2) is 5.17. The van der Waals surface area contributed by atoms with Gasteiger partial charge in [-0.1, -0.05) is 13.8 Å². The lowest BCUT2D eigenvalue weighted by atomic mass is 9.62. The van der Waals surface area contributed by atoms with Crippen molar-refractivity contribution in [3.05, 3.63) is 23.8 Å². The van der Waals surface area contributed by atoms with Crippen LogP contribution < -0.4 is 5.73 Å². The first-order chi connectivity index (χ1) is 8.88. The van der Waals surface area contributed by atoms with Crippen molar-refractivity contribution in [3.8, 4) is 0 Å². The van der Waals surface area contributed by atoms with E-state index in [4.69, 9.17) is 5.73 Å². The Hall–Kier alpha value is -1.00. The molecule has 0 spiro atoms. The molecule has 1 aliphatic rings. The molecule has 0 saturated heterocycles. The predicted molar refractivity (Wildman–Crippen MR) is 75.5 cm³/mol. The molecule has 1 aromatic rings. The summed E-state index contributed by atoms with van der Waals surface area (Å²) in [5, 5.41) is 10.7. The van der Waals surface area contributed by atoms with E-state index in [-0.39, 0.29) is 5.41 Å². The fourth-order valence-corrected chi connectivity index (χ4v) is 2.95. The number of aliphatic hydroxyl groups is 1. The molecule has 0 amide bonds. The standard InChI is InChI=1S/C15H25N3O/c1-11-17-9-4-12(18-11)13(19)15(10-16)7-5-14(2,3)6-8-15/h4,9,13,19H,5-8,10,16H2,1-3H3. The lowest BCUT2D eigenvalue weighted by Crippen LogP contribution is -2.42. The molecule has 0 radical (unpaired) electrons. The number of aliphatic hydroxyl groups excluding tert-OH is 1. The van der Waals surface area contributed by atoms with Gasteiger partial charge in [0.2, 0.25) is 0 Å². The van der Waals surface area contributed by atoms with Gasteiger partial charge < -0.3 is 10.8 Å². The fraction of sp³-hybridized carbons (Fsp3) is 0.733. The van der Waals surface area contributed by atoms with Gasteiger partial charge in [0.1, 0.15) is 11.9 Å². The summed E-state index contributed by atoms with van der Waals surface area (Å²) < 4.78 is 0. The van der Waals surface area contributed by atoms with E-state index in [1.807, 2.05) is 6.92 Å². The molecule has 1 fully saturated rings. The monoisotopic (exact) mass is 263 g/mol. The summed E-state index contributed by atoms with van der Waals surface area (Å²) in [6.07, 6.45) is 5.24. The first-order valence-corrected chi connectivity index (χ1v) is 7.06. The zero-order valence-corrected chi connectivity index (χ0v) is 12.2. The van der Waals surface area contributed by atoms with Gasteiger partial charge in [0.15, 0.2) is 0 Å². The smallest absolute Gasteiger partial charge is 0.125 e. The Labute approximate surface area is 115 Å². The normalized spacial score (nSPS) is 23.0. The van der Waals surface area contributed by atoms with Crippen molar-refractivity contribution in [2.75, 3.05) is 6.54 Å². The lowest BCUT2D eigenvalue weighted by molar-refractivity contribution is -0.0260. The zero-order chi connectivity index (χ0) is 14.1. The van der Waals surface area contributed by atoms with Crippen molar-refractivity contribution in [1.29, 1.82) is 0 Å². The predicted octanol–water partition coefficient (Wildman–Crippen LogP) is 2.36. The number of rotatable bonds is 3. The molecule has 1 saturated carbocycles. The van der Waals surface area contributed by atoms with Gasteiger partial charge in [0.25, 0.3) is 0 Å². The van der Waals surface area contributed by atoms with Gasteiger partial charge in [-0.25, -0.2) is 9.97 Å². The van der Waals surface area contributed by atoms with Crippen molar-refractivity contribution in [3.63, 3.8) is 0 Å². The van der Waals surface area contributed by atoms with Crippen LogP contribution in [0.3, 0.4) is 0 Å². The molecule has 0 aliphatic heterocycles. The minimum atomic E-state index is -0.588. The second-order valence-corrected chi connectivity index (χ2v) is 6.66. The first kappa shape index (κ1) is 14.4. The Balaban J connectivity index is 2.22. The van der Waals surface area contributed by atoms with Crippen LogP contribution in [0.5, 0.6) is 0 Å². The maximum atomic E-state index is 10.7. The number of nitrogens with zero attached hydrogens (tertiary/aromatic N) is 2. The highest BCUT2D eigenvalue weighted by atomic mass is 16.3. The molecule has 0 aromatic carbocycles. The van der Waals surface area contributed by atoms with Crippen molar-refractivity contribution < 1.29 is 5.11 Å². The van der Waals surface area contributed by atoms with Crippen LogP contribution in [0, 0.1) is 17.8 Å². The molecule has 106 valence electrons. The Bertz CT molecular complexity index is 435. The van der Waals surface area contributed by atoms with Gasteiger partial charge in [-0.15, -0.1) is 0 Å². The average molecular weight is 263 g/mol. The molecule has 19 heavy (non-hydrogen) atoms. The molecule has 1 heterocycles. The Kier molecular flexibility index (Phi) is 3.92. The number of aryl methyl sites for hydroxylation is 1. The summed E-state index contributed by atoms with van der Waals surface area (Å²) in [5.41, 5.74) is 6.84. The van der Waals surface area contributed by atoms with Gasteiger partial charge >= 0.3 is 0 Å². The van der Waals surface area contributed by atoms with Gasteiger partial charge in [-0.2, -0.15) is 0 Å². The summed E-state index contributed by atoms with van der Waals surface area (Å²) >= 11 is 0. The van der Waals surface area contributed by atoms with E-state index in [2.05, 4.69) is 23.8 Å². The number of aromatic nitrogens is 2. The van der Waals surface area contributed by atoms with Crippen LogP contribution in [-0.2, 0) is 0 Å². The van der Waals surface area contributed by atoms with Crippen LogP contribution in [0.25, 0.3) is 0 Å². The van der Waals surface area contributed by atoms with Crippen LogP contribution in [0.4, 0.5) is 0 Å². The zero-order valence-electron chi connectivity index (χ0n) is 12.2. The number of hydrogen-bond acceptors (Lipinski definition) is 4. The van der Waals surface area contributed by atoms with Gasteiger partial charge in [0, 0.05) is 18.2 Å². The summed E-state index contributed by atoms with van der Waals surface area (Å²) in [7, 11) is 0. The van der Waals surface area contributed by atoms with Crippen LogP contribution in [-0.4, -0.2) is 21.6 Å². The third-order valence-corrected chi connectivity index (χ3v) is 4.66. The molecular weight excluding hydrogens is 238 g/mol. The van der Waals surface area contributed by atoms with Crippen molar-refractivity contribution >= 4 is 0 Å². The first-order valence-electron chi connectivity index (χ1n) is 7.06. The third-order valence-electron chi connectivity index (χ3n) is 4.66. The average Bonchev–Trinajstić information content (AvgIpc) is 2.39. The van der Waals surface area contributed by atoms with Crippen LogP contribution >= 0.6 is 0 Å². The summed E-state index contributed by atoms with van der Waals surface area (Å²) in [6.45, 7) is 6.92. The molecule has 4 nitrogen and oxygen atoms in total. The summed E-state index contributed by atoms with van der Waals surface area (Å²) in [5.74, 6) is 0.694. The fourth-order valence-electron chi connectivity index (χ4n) is 2.95. The SMILES string of the molecule is Cc1nccc(C(O)C2(CN)CCC(C)(C)CC2)n1. The highest BCUT2D eigenvalue weighted by Gasteiger charge is 2.43. The number of nitrogens with two attached hydrogens (primary N) is 1. The maximum Gasteiger partial charge on any atom is 0.125 e. The molecule has 1 aromatic heterocycles. The van der Waals surface area contributed by atoms with Crippen LogP contribution in [0.2, 0.25) is 0 Å². The van der Waals surface area contributed by atoms with Crippen molar-refractivity contribution in [2.45, 2.75) is 52.6 Å². The largest absolute Gasteiger partial charge is 0.386 e. The molecule has 2 rings (SSSR count). The highest BCUT2D eigenvalue weighted by Crippen LogP contribution is 2.50. The van der Waals surface area contributed by atoms with Gasteiger partial charge in [-0.3, -0.25) is 0 Å². The summed E-state index contributed by atoms with van der Waals surface area (Å²) in [4.78, 5) is 8.45. The lowest BCUT2D eigenvalue weighted by Gasteiger charge is -2.45. The van der Waals surface area contributed by atoms with E-state index < -0.39 is 6.10 Å².